The van der Waals surface area contributed by atoms with E-state index in [2.05, 4.69) is 15.5 Å². The molecule has 1 heterocycles. The van der Waals surface area contributed by atoms with E-state index in [9.17, 15) is 4.79 Å². The van der Waals surface area contributed by atoms with Crippen LogP contribution in [0, 0.1) is 5.92 Å². The Morgan fingerprint density at radius 3 is 2.68 bits per heavy atom. The van der Waals surface area contributed by atoms with E-state index in [1.165, 1.54) is 12.8 Å². The summed E-state index contributed by atoms with van der Waals surface area (Å²) in [5, 5.41) is 9.83. The molecule has 0 radical (unpaired) electrons. The van der Waals surface area contributed by atoms with E-state index in [1.807, 2.05) is 30.3 Å². The van der Waals surface area contributed by atoms with Crippen molar-refractivity contribution in [3.63, 3.8) is 0 Å². The molecule has 19 heavy (non-hydrogen) atoms. The largest absolute Gasteiger partial charge is 0.352 e. The van der Waals surface area contributed by atoms with Gasteiger partial charge in [0.1, 0.15) is 0 Å². The highest BCUT2D eigenvalue weighted by Crippen LogP contribution is 2.32. The molecule has 0 atom stereocenters. The van der Waals surface area contributed by atoms with Crippen LogP contribution in [-0.4, -0.2) is 16.1 Å². The molecule has 3 rings (SSSR count). The van der Waals surface area contributed by atoms with Gasteiger partial charge in [-0.05, 0) is 36.0 Å². The van der Waals surface area contributed by atoms with Crippen molar-refractivity contribution >= 4 is 5.91 Å². The van der Waals surface area contributed by atoms with Gasteiger partial charge >= 0.3 is 0 Å². The summed E-state index contributed by atoms with van der Waals surface area (Å²) >= 11 is 0. The van der Waals surface area contributed by atoms with Crippen molar-refractivity contribution in [3.8, 4) is 11.3 Å². The zero-order chi connectivity index (χ0) is 13.1. The third kappa shape index (κ3) is 3.22. The first-order valence-corrected chi connectivity index (χ1v) is 6.66. The SMILES string of the molecule is O=C(CC1CC1)NCc1ccc(-c2ccn[nH]2)cc1. The van der Waals surface area contributed by atoms with Crippen LogP contribution in [-0.2, 0) is 11.3 Å². The fraction of sp³-hybridized carbons (Fsp3) is 0.333. The van der Waals surface area contributed by atoms with Gasteiger partial charge in [0.15, 0.2) is 0 Å². The van der Waals surface area contributed by atoms with Gasteiger partial charge in [0, 0.05) is 19.2 Å². The van der Waals surface area contributed by atoms with Gasteiger partial charge in [0.25, 0.3) is 0 Å². The minimum atomic E-state index is 0.167. The number of amides is 1. The summed E-state index contributed by atoms with van der Waals surface area (Å²) in [6.45, 7) is 0.606. The number of aromatic nitrogens is 2. The van der Waals surface area contributed by atoms with Crippen molar-refractivity contribution in [1.29, 1.82) is 0 Å². The lowest BCUT2D eigenvalue weighted by atomic mass is 10.1. The van der Waals surface area contributed by atoms with Crippen molar-refractivity contribution < 1.29 is 4.79 Å². The molecule has 4 nitrogen and oxygen atoms in total. The van der Waals surface area contributed by atoms with Crippen molar-refractivity contribution in [2.24, 2.45) is 5.92 Å². The summed E-state index contributed by atoms with van der Waals surface area (Å²) in [5.74, 6) is 0.808. The quantitative estimate of drug-likeness (QED) is 0.862. The van der Waals surface area contributed by atoms with E-state index in [4.69, 9.17) is 0 Å². The summed E-state index contributed by atoms with van der Waals surface area (Å²) in [5.41, 5.74) is 3.22. The van der Waals surface area contributed by atoms with Crippen LogP contribution in [0.5, 0.6) is 0 Å². The van der Waals surface area contributed by atoms with Crippen LogP contribution in [0.2, 0.25) is 0 Å². The Labute approximate surface area is 112 Å². The topological polar surface area (TPSA) is 57.8 Å². The molecular weight excluding hydrogens is 238 g/mol. The zero-order valence-electron chi connectivity index (χ0n) is 10.7. The molecule has 2 aromatic rings. The first kappa shape index (κ1) is 12.0. The second-order valence-electron chi connectivity index (χ2n) is 5.09. The van der Waals surface area contributed by atoms with Crippen molar-refractivity contribution in [1.82, 2.24) is 15.5 Å². The van der Waals surface area contributed by atoms with E-state index in [0.717, 1.165) is 16.8 Å². The average molecular weight is 255 g/mol. The van der Waals surface area contributed by atoms with E-state index >= 15 is 0 Å². The molecule has 1 amide bonds. The Bertz CT molecular complexity index is 541. The minimum absolute atomic E-state index is 0.167. The summed E-state index contributed by atoms with van der Waals surface area (Å²) in [6, 6.07) is 10.1. The van der Waals surface area contributed by atoms with E-state index < -0.39 is 0 Å². The fourth-order valence-corrected chi connectivity index (χ4v) is 2.08. The van der Waals surface area contributed by atoms with Crippen LogP contribution in [0.4, 0.5) is 0 Å². The lowest BCUT2D eigenvalue weighted by molar-refractivity contribution is -0.121. The molecule has 0 unspecified atom stereocenters. The second-order valence-corrected chi connectivity index (χ2v) is 5.09. The summed E-state index contributed by atoms with van der Waals surface area (Å²) < 4.78 is 0. The molecule has 1 aliphatic carbocycles. The van der Waals surface area contributed by atoms with E-state index in [0.29, 0.717) is 18.9 Å². The molecule has 0 aliphatic heterocycles. The Balaban J connectivity index is 1.55. The molecule has 1 aliphatic rings. The lowest BCUT2D eigenvalue weighted by Gasteiger charge is -2.05. The highest BCUT2D eigenvalue weighted by Gasteiger charge is 2.23. The molecule has 1 saturated carbocycles. The number of hydrogen-bond donors (Lipinski definition) is 2. The predicted octanol–water partition coefficient (Wildman–Crippen LogP) is 2.49. The van der Waals surface area contributed by atoms with E-state index in [-0.39, 0.29) is 5.91 Å². The molecule has 2 N–H and O–H groups in total. The maximum absolute atomic E-state index is 11.6. The molecular formula is C15H17N3O. The molecule has 0 saturated heterocycles. The van der Waals surface area contributed by atoms with Crippen molar-refractivity contribution in [2.75, 3.05) is 0 Å². The van der Waals surface area contributed by atoms with Gasteiger partial charge < -0.3 is 5.32 Å². The molecule has 0 spiro atoms. The number of carbonyl (C=O) groups excluding carboxylic acids is 1. The summed E-state index contributed by atoms with van der Waals surface area (Å²) in [4.78, 5) is 11.6. The molecule has 0 bridgehead atoms. The highest BCUT2D eigenvalue weighted by molar-refractivity contribution is 5.76. The third-order valence-electron chi connectivity index (χ3n) is 3.43. The first-order valence-electron chi connectivity index (χ1n) is 6.66. The maximum atomic E-state index is 11.6. The number of benzene rings is 1. The van der Waals surface area contributed by atoms with Crippen LogP contribution in [0.15, 0.2) is 36.5 Å². The molecule has 4 heteroatoms. The smallest absolute Gasteiger partial charge is 0.220 e. The number of H-pyrrole nitrogens is 1. The standard InChI is InChI=1S/C15H17N3O/c19-15(9-11-1-2-11)16-10-12-3-5-13(6-4-12)14-7-8-17-18-14/h3-8,11H,1-2,9-10H2,(H,16,19)(H,17,18). The Hall–Kier alpha value is -2.10. The first-order chi connectivity index (χ1) is 9.31. The zero-order valence-corrected chi connectivity index (χ0v) is 10.7. The molecule has 1 aromatic heterocycles. The van der Waals surface area contributed by atoms with Crippen LogP contribution >= 0.6 is 0 Å². The molecule has 1 aromatic carbocycles. The Morgan fingerprint density at radius 2 is 2.05 bits per heavy atom. The van der Waals surface area contributed by atoms with Crippen LogP contribution < -0.4 is 5.32 Å². The number of hydrogen-bond acceptors (Lipinski definition) is 2. The van der Waals surface area contributed by atoms with E-state index in [1.54, 1.807) is 6.20 Å². The maximum Gasteiger partial charge on any atom is 0.220 e. The van der Waals surface area contributed by atoms with Crippen molar-refractivity contribution in [3.05, 3.63) is 42.1 Å². The summed E-state index contributed by atoms with van der Waals surface area (Å²) in [7, 11) is 0. The van der Waals surface area contributed by atoms with Crippen molar-refractivity contribution in [2.45, 2.75) is 25.8 Å². The lowest BCUT2D eigenvalue weighted by Crippen LogP contribution is -2.22. The van der Waals surface area contributed by atoms with Gasteiger partial charge in [-0.25, -0.2) is 0 Å². The Morgan fingerprint density at radius 1 is 1.26 bits per heavy atom. The van der Waals surface area contributed by atoms with Gasteiger partial charge in [0.05, 0.1) is 5.69 Å². The minimum Gasteiger partial charge on any atom is -0.352 e. The van der Waals surface area contributed by atoms with Gasteiger partial charge in [-0.1, -0.05) is 24.3 Å². The van der Waals surface area contributed by atoms with Crippen LogP contribution in [0.1, 0.15) is 24.8 Å². The Kier molecular flexibility index (Phi) is 3.31. The van der Waals surface area contributed by atoms with Gasteiger partial charge in [-0.2, -0.15) is 5.10 Å². The normalized spacial score (nSPS) is 14.3. The number of aromatic amines is 1. The average Bonchev–Trinajstić information content (AvgIpc) is 3.07. The second kappa shape index (κ2) is 5.26. The number of nitrogens with one attached hydrogen (secondary N) is 2. The predicted molar refractivity (Wildman–Crippen MR) is 73.2 cm³/mol. The number of nitrogens with zero attached hydrogens (tertiary/aromatic N) is 1. The van der Waals surface area contributed by atoms with Crippen LogP contribution in [0.25, 0.3) is 11.3 Å². The van der Waals surface area contributed by atoms with Gasteiger partial charge in [-0.15, -0.1) is 0 Å². The summed E-state index contributed by atoms with van der Waals surface area (Å²) in [6.07, 6.45) is 4.85. The van der Waals surface area contributed by atoms with Crippen LogP contribution in [0.3, 0.4) is 0 Å². The van der Waals surface area contributed by atoms with Gasteiger partial charge in [-0.3, -0.25) is 9.89 Å². The number of carbonyl (C=O) groups is 1. The highest BCUT2D eigenvalue weighted by atomic mass is 16.1. The van der Waals surface area contributed by atoms with Gasteiger partial charge in [0.2, 0.25) is 5.91 Å². The molecule has 98 valence electrons. The number of rotatable bonds is 5. The monoisotopic (exact) mass is 255 g/mol. The molecule has 1 fully saturated rings. The fourth-order valence-electron chi connectivity index (χ4n) is 2.08. The third-order valence-corrected chi connectivity index (χ3v) is 3.43.